The number of aryl methyl sites for hydroxylation is 1. The fraction of sp³-hybridized carbons (Fsp3) is 0.529. The Morgan fingerprint density at radius 2 is 1.95 bits per heavy atom. The van der Waals surface area contributed by atoms with E-state index in [0.29, 0.717) is 38.1 Å². The van der Waals surface area contributed by atoms with Crippen molar-refractivity contribution in [3.8, 4) is 5.75 Å². The van der Waals surface area contributed by atoms with Crippen molar-refractivity contribution < 1.29 is 19.1 Å². The number of carbonyl (C=O) groups excluding carboxylic acids is 2. The van der Waals surface area contributed by atoms with Gasteiger partial charge in [-0.2, -0.15) is 0 Å². The summed E-state index contributed by atoms with van der Waals surface area (Å²) in [6, 6.07) is 5.50. The molecule has 0 N–H and O–H groups in total. The Kier molecular flexibility index (Phi) is 5.41. The summed E-state index contributed by atoms with van der Waals surface area (Å²) in [5.41, 5.74) is 1.62. The lowest BCUT2D eigenvalue weighted by Gasteiger charge is -2.30. The molecule has 0 aliphatic carbocycles. The molecule has 0 spiro atoms. The maximum Gasteiger partial charge on any atom is 0.308 e. The van der Waals surface area contributed by atoms with Gasteiger partial charge in [-0.05, 0) is 50.5 Å². The second-order valence-electron chi connectivity index (χ2n) is 5.50. The average molecular weight is 305 g/mol. The Labute approximate surface area is 131 Å². The maximum atomic E-state index is 12.5. The molecule has 0 unspecified atom stereocenters. The van der Waals surface area contributed by atoms with Gasteiger partial charge in [0, 0.05) is 18.7 Å². The van der Waals surface area contributed by atoms with Crippen LogP contribution in [0.5, 0.6) is 5.75 Å². The lowest BCUT2D eigenvalue weighted by molar-refractivity contribution is -0.146. The summed E-state index contributed by atoms with van der Waals surface area (Å²) in [5, 5.41) is 0. The monoisotopic (exact) mass is 305 g/mol. The number of benzene rings is 1. The second-order valence-corrected chi connectivity index (χ2v) is 5.50. The first-order valence-electron chi connectivity index (χ1n) is 7.67. The number of esters is 1. The number of methoxy groups -OCH3 is 1. The zero-order chi connectivity index (χ0) is 16.1. The van der Waals surface area contributed by atoms with Gasteiger partial charge in [-0.1, -0.05) is 0 Å². The third kappa shape index (κ3) is 3.59. The molecular weight excluding hydrogens is 282 g/mol. The summed E-state index contributed by atoms with van der Waals surface area (Å²) < 4.78 is 10.3. The summed E-state index contributed by atoms with van der Waals surface area (Å²) in [4.78, 5) is 25.9. The highest BCUT2D eigenvalue weighted by molar-refractivity contribution is 5.94. The van der Waals surface area contributed by atoms with E-state index in [0.717, 1.165) is 11.3 Å². The van der Waals surface area contributed by atoms with Crippen molar-refractivity contribution in [1.29, 1.82) is 0 Å². The number of nitrogens with zero attached hydrogens (tertiary/aromatic N) is 1. The normalized spacial score (nSPS) is 15.5. The van der Waals surface area contributed by atoms with E-state index >= 15 is 0 Å². The largest absolute Gasteiger partial charge is 0.494 e. The summed E-state index contributed by atoms with van der Waals surface area (Å²) in [7, 11) is 1.41. The summed E-state index contributed by atoms with van der Waals surface area (Å²) in [5.74, 6) is 0.554. The number of amides is 1. The van der Waals surface area contributed by atoms with Crippen molar-refractivity contribution in [3.05, 3.63) is 29.3 Å². The van der Waals surface area contributed by atoms with Crippen molar-refractivity contribution in [3.63, 3.8) is 0 Å². The number of piperidine rings is 1. The second kappa shape index (κ2) is 7.29. The van der Waals surface area contributed by atoms with E-state index < -0.39 is 0 Å². The van der Waals surface area contributed by atoms with Gasteiger partial charge >= 0.3 is 5.97 Å². The molecule has 1 fully saturated rings. The van der Waals surface area contributed by atoms with Crippen molar-refractivity contribution in [2.75, 3.05) is 26.8 Å². The fourth-order valence-corrected chi connectivity index (χ4v) is 2.77. The highest BCUT2D eigenvalue weighted by Gasteiger charge is 2.28. The molecule has 1 heterocycles. The molecule has 0 saturated carbocycles. The minimum Gasteiger partial charge on any atom is -0.494 e. The molecule has 5 nitrogen and oxygen atoms in total. The lowest BCUT2D eigenvalue weighted by atomic mass is 9.96. The molecule has 1 aliphatic heterocycles. The molecule has 0 radical (unpaired) electrons. The smallest absolute Gasteiger partial charge is 0.308 e. The van der Waals surface area contributed by atoms with Crippen molar-refractivity contribution in [1.82, 2.24) is 4.90 Å². The van der Waals surface area contributed by atoms with Crippen molar-refractivity contribution in [2.45, 2.75) is 26.7 Å². The third-order valence-corrected chi connectivity index (χ3v) is 4.04. The number of hydrogen-bond acceptors (Lipinski definition) is 4. The van der Waals surface area contributed by atoms with E-state index in [-0.39, 0.29) is 17.8 Å². The van der Waals surface area contributed by atoms with E-state index in [2.05, 4.69) is 0 Å². The summed E-state index contributed by atoms with van der Waals surface area (Å²) in [6.07, 6.45) is 1.32. The van der Waals surface area contributed by atoms with Crippen LogP contribution < -0.4 is 4.74 Å². The Morgan fingerprint density at radius 3 is 2.50 bits per heavy atom. The van der Waals surface area contributed by atoms with E-state index in [1.807, 2.05) is 26.0 Å². The van der Waals surface area contributed by atoms with Gasteiger partial charge in [0.1, 0.15) is 5.75 Å². The molecule has 1 saturated heterocycles. The Hall–Kier alpha value is -2.04. The van der Waals surface area contributed by atoms with Gasteiger partial charge in [-0.15, -0.1) is 0 Å². The van der Waals surface area contributed by atoms with Crippen molar-refractivity contribution >= 4 is 11.9 Å². The highest BCUT2D eigenvalue weighted by Crippen LogP contribution is 2.23. The molecule has 1 amide bonds. The number of ether oxygens (including phenoxy) is 2. The van der Waals surface area contributed by atoms with Crippen LogP contribution in [-0.2, 0) is 9.53 Å². The first-order valence-corrected chi connectivity index (χ1v) is 7.67. The highest BCUT2D eigenvalue weighted by atomic mass is 16.5. The van der Waals surface area contributed by atoms with Crippen molar-refractivity contribution in [2.24, 2.45) is 5.92 Å². The molecular formula is C17H23NO4. The van der Waals surface area contributed by atoms with Gasteiger partial charge in [0.2, 0.25) is 0 Å². The first-order chi connectivity index (χ1) is 10.6. The molecule has 0 bridgehead atoms. The van der Waals surface area contributed by atoms with Gasteiger partial charge in [0.25, 0.3) is 5.91 Å². The zero-order valence-corrected chi connectivity index (χ0v) is 13.4. The van der Waals surface area contributed by atoms with E-state index in [1.54, 1.807) is 11.0 Å². The average Bonchev–Trinajstić information content (AvgIpc) is 2.55. The van der Waals surface area contributed by atoms with Crippen LogP contribution in [0.1, 0.15) is 35.7 Å². The molecule has 1 aromatic carbocycles. The van der Waals surface area contributed by atoms with Gasteiger partial charge in [-0.25, -0.2) is 0 Å². The molecule has 5 heteroatoms. The van der Waals surface area contributed by atoms with Crippen LogP contribution in [-0.4, -0.2) is 43.6 Å². The predicted molar refractivity (Wildman–Crippen MR) is 83.0 cm³/mol. The minimum atomic E-state index is -0.177. The molecule has 0 atom stereocenters. The number of rotatable bonds is 4. The topological polar surface area (TPSA) is 55.8 Å². The van der Waals surface area contributed by atoms with Crippen LogP contribution in [0.25, 0.3) is 0 Å². The molecule has 120 valence electrons. The fourth-order valence-electron chi connectivity index (χ4n) is 2.77. The summed E-state index contributed by atoms with van der Waals surface area (Å²) in [6.45, 7) is 5.65. The standard InChI is InChI=1S/C17H23NO4/c1-4-22-15-6-5-14(11-12(15)2)16(19)18-9-7-13(8-10-18)17(20)21-3/h5-6,11,13H,4,7-10H2,1-3H3. The summed E-state index contributed by atoms with van der Waals surface area (Å²) >= 11 is 0. The number of likely N-dealkylation sites (tertiary alicyclic amines) is 1. The zero-order valence-electron chi connectivity index (χ0n) is 13.4. The Bertz CT molecular complexity index is 548. The predicted octanol–water partition coefficient (Wildman–Crippen LogP) is 2.42. The lowest BCUT2D eigenvalue weighted by Crippen LogP contribution is -2.40. The van der Waals surface area contributed by atoms with Crippen LogP contribution in [0.3, 0.4) is 0 Å². The molecule has 0 aromatic heterocycles. The molecule has 2 rings (SSSR count). The van der Waals surface area contributed by atoms with Gasteiger partial charge in [0.05, 0.1) is 19.6 Å². The molecule has 1 aromatic rings. The van der Waals surface area contributed by atoms with E-state index in [1.165, 1.54) is 7.11 Å². The number of hydrogen-bond donors (Lipinski definition) is 0. The SMILES string of the molecule is CCOc1ccc(C(=O)N2CCC(C(=O)OC)CC2)cc1C. The van der Waals surface area contributed by atoms with Gasteiger partial charge < -0.3 is 14.4 Å². The van der Waals surface area contributed by atoms with E-state index in [9.17, 15) is 9.59 Å². The van der Waals surface area contributed by atoms with Crippen LogP contribution in [0, 0.1) is 12.8 Å². The van der Waals surface area contributed by atoms with Crippen LogP contribution in [0.4, 0.5) is 0 Å². The molecule has 1 aliphatic rings. The van der Waals surface area contributed by atoms with Gasteiger partial charge in [-0.3, -0.25) is 9.59 Å². The van der Waals surface area contributed by atoms with E-state index in [4.69, 9.17) is 9.47 Å². The van der Waals surface area contributed by atoms with Crippen LogP contribution in [0.15, 0.2) is 18.2 Å². The van der Waals surface area contributed by atoms with Crippen LogP contribution >= 0.6 is 0 Å². The first kappa shape index (κ1) is 16.3. The third-order valence-electron chi connectivity index (χ3n) is 4.04. The molecule has 22 heavy (non-hydrogen) atoms. The Balaban J connectivity index is 2.01. The Morgan fingerprint density at radius 1 is 1.27 bits per heavy atom. The van der Waals surface area contributed by atoms with Crippen LogP contribution in [0.2, 0.25) is 0 Å². The number of carbonyl (C=O) groups is 2. The maximum absolute atomic E-state index is 12.5. The minimum absolute atomic E-state index is 0.00876. The van der Waals surface area contributed by atoms with Gasteiger partial charge in [0.15, 0.2) is 0 Å². The quantitative estimate of drug-likeness (QED) is 0.802.